The maximum absolute atomic E-state index is 11.4. The average molecular weight is 591 g/mol. The SMILES string of the molecule is C=C/C(=C\C=C\C(=O)OC)C1=NC2=C(c3ccc(-c4ccccc4)nc3)C=NN(C2)C(N)=C1Br.CC.CCC. The lowest BCUT2D eigenvalue weighted by Gasteiger charge is -2.23. The molecule has 39 heavy (non-hydrogen) atoms. The van der Waals surface area contributed by atoms with Gasteiger partial charge >= 0.3 is 5.97 Å². The maximum Gasteiger partial charge on any atom is 0.330 e. The van der Waals surface area contributed by atoms with Crippen molar-refractivity contribution >= 4 is 39.4 Å². The van der Waals surface area contributed by atoms with Crippen LogP contribution in [0.4, 0.5) is 0 Å². The number of nitrogens with zero attached hydrogens (tertiary/aromatic N) is 4. The third-order valence-electron chi connectivity index (χ3n) is 5.24. The molecule has 8 heteroatoms. The van der Waals surface area contributed by atoms with E-state index in [1.807, 2.05) is 62.5 Å². The van der Waals surface area contributed by atoms with Gasteiger partial charge in [-0.25, -0.2) is 14.8 Å². The number of hydrogen-bond acceptors (Lipinski definition) is 7. The fourth-order valence-corrected chi connectivity index (χ4v) is 3.96. The molecule has 204 valence electrons. The second-order valence-electron chi connectivity index (χ2n) is 8.04. The van der Waals surface area contributed by atoms with Gasteiger partial charge in [0.25, 0.3) is 0 Å². The Kier molecular flexibility index (Phi) is 12.8. The summed E-state index contributed by atoms with van der Waals surface area (Å²) >= 11 is 3.56. The Bertz CT molecular complexity index is 1320. The molecule has 0 atom stereocenters. The van der Waals surface area contributed by atoms with E-state index in [1.54, 1.807) is 29.5 Å². The molecule has 2 bridgehead atoms. The van der Waals surface area contributed by atoms with Crippen molar-refractivity contribution in [3.8, 4) is 11.3 Å². The van der Waals surface area contributed by atoms with Crippen molar-refractivity contribution in [2.75, 3.05) is 13.7 Å². The Morgan fingerprint density at radius 1 is 1.15 bits per heavy atom. The first-order chi connectivity index (χ1) is 18.9. The molecule has 0 saturated carbocycles. The summed E-state index contributed by atoms with van der Waals surface area (Å²) in [7, 11) is 1.32. The number of allylic oxidation sites excluding steroid dienone is 6. The number of hydrogen-bond donors (Lipinski definition) is 1. The fourth-order valence-electron chi connectivity index (χ4n) is 3.44. The summed E-state index contributed by atoms with van der Waals surface area (Å²) in [5.41, 5.74) is 12.1. The minimum absolute atomic E-state index is 0.402. The minimum Gasteiger partial charge on any atom is -0.466 e. The van der Waals surface area contributed by atoms with Crippen LogP contribution in [0.1, 0.15) is 39.7 Å². The van der Waals surface area contributed by atoms with E-state index in [9.17, 15) is 4.79 Å². The monoisotopic (exact) mass is 589 g/mol. The van der Waals surface area contributed by atoms with E-state index in [2.05, 4.69) is 51.2 Å². The van der Waals surface area contributed by atoms with E-state index in [0.717, 1.165) is 28.1 Å². The molecule has 2 N–H and O–H groups in total. The van der Waals surface area contributed by atoms with Crippen LogP contribution in [0.2, 0.25) is 0 Å². The van der Waals surface area contributed by atoms with Crippen molar-refractivity contribution in [2.24, 2.45) is 15.8 Å². The normalized spacial score (nSPS) is 14.6. The summed E-state index contributed by atoms with van der Waals surface area (Å²) in [6, 6.07) is 14.0. The van der Waals surface area contributed by atoms with Crippen molar-refractivity contribution in [2.45, 2.75) is 34.1 Å². The van der Waals surface area contributed by atoms with Crippen molar-refractivity contribution in [1.82, 2.24) is 9.99 Å². The molecule has 0 amide bonds. The minimum atomic E-state index is -0.455. The summed E-state index contributed by atoms with van der Waals surface area (Å²) in [6.07, 6.45) is 11.1. The Morgan fingerprint density at radius 3 is 2.44 bits per heavy atom. The van der Waals surface area contributed by atoms with Crippen LogP contribution in [0.5, 0.6) is 0 Å². The van der Waals surface area contributed by atoms with Crippen molar-refractivity contribution in [1.29, 1.82) is 0 Å². The lowest BCUT2D eigenvalue weighted by Crippen LogP contribution is -2.27. The number of pyridine rings is 1. The Morgan fingerprint density at radius 2 is 1.85 bits per heavy atom. The van der Waals surface area contributed by atoms with E-state index in [1.165, 1.54) is 19.6 Å². The first-order valence-electron chi connectivity index (χ1n) is 12.8. The van der Waals surface area contributed by atoms with Gasteiger partial charge in [0, 0.05) is 34.5 Å². The molecule has 0 saturated heterocycles. The molecule has 0 fully saturated rings. The number of esters is 1. The van der Waals surface area contributed by atoms with Crippen LogP contribution in [0.25, 0.3) is 16.8 Å². The van der Waals surface area contributed by atoms with Crippen LogP contribution in [0.15, 0.2) is 111 Å². The standard InChI is InChI=1S/C26H22BrN5O2.C3H8.C2H6/c1-3-17(10-7-11-23(33)34-2)25-24(27)26(28)32-16-22(31-25)20(15-30-32)19-12-13-21(29-14-19)18-8-5-4-6-9-18;1-3-2;1-2/h3-15H,1,16,28H2,2H3;3H2,1-2H3;1-2H3/b11-7+,17-10+;;. The molecule has 0 aliphatic carbocycles. The molecule has 7 nitrogen and oxygen atoms in total. The smallest absolute Gasteiger partial charge is 0.330 e. The van der Waals surface area contributed by atoms with Gasteiger partial charge in [-0.15, -0.1) is 0 Å². The van der Waals surface area contributed by atoms with Gasteiger partial charge in [-0.05, 0) is 22.0 Å². The number of halogens is 1. The predicted octanol–water partition coefficient (Wildman–Crippen LogP) is 7.02. The first-order valence-corrected chi connectivity index (χ1v) is 13.6. The molecule has 2 aromatic rings. The van der Waals surface area contributed by atoms with Gasteiger partial charge in [-0.1, -0.05) is 95.3 Å². The fraction of sp³-hybridized carbons (Fsp3) is 0.226. The Balaban J connectivity index is 0.000000998. The highest BCUT2D eigenvalue weighted by molar-refractivity contribution is 9.12. The second-order valence-corrected chi connectivity index (χ2v) is 8.83. The Hall–Kier alpha value is -4.04. The first kappa shape index (κ1) is 31.2. The summed E-state index contributed by atoms with van der Waals surface area (Å²) in [5.74, 6) is -0.0327. The summed E-state index contributed by atoms with van der Waals surface area (Å²) in [4.78, 5) is 21.0. The van der Waals surface area contributed by atoms with E-state index < -0.39 is 5.97 Å². The lowest BCUT2D eigenvalue weighted by molar-refractivity contribution is -0.134. The number of fused-ring (bicyclic) bond motifs is 2. The molecule has 1 aromatic carbocycles. The van der Waals surface area contributed by atoms with Crippen molar-refractivity contribution in [3.05, 3.63) is 107 Å². The lowest BCUT2D eigenvalue weighted by atomic mass is 10.0. The second kappa shape index (κ2) is 16.0. The van der Waals surface area contributed by atoms with Gasteiger partial charge < -0.3 is 10.5 Å². The Labute approximate surface area is 240 Å². The number of nitrogens with two attached hydrogens (primary N) is 1. The number of methoxy groups -OCH3 is 1. The van der Waals surface area contributed by atoms with Crippen LogP contribution in [-0.2, 0) is 9.53 Å². The number of aromatic nitrogens is 1. The van der Waals surface area contributed by atoms with E-state index in [0.29, 0.717) is 28.1 Å². The molecular formula is C31H36BrN5O2. The average Bonchev–Trinajstić information content (AvgIpc) is 3.07. The number of carbonyl (C=O) groups excluding carboxylic acids is 1. The van der Waals surface area contributed by atoms with Gasteiger partial charge in [0.05, 0.1) is 41.5 Å². The number of rotatable bonds is 6. The van der Waals surface area contributed by atoms with Crippen molar-refractivity contribution < 1.29 is 9.53 Å². The molecule has 0 unspecified atom stereocenters. The van der Waals surface area contributed by atoms with Crippen LogP contribution < -0.4 is 5.73 Å². The number of hydrazone groups is 1. The topological polar surface area (TPSA) is 93.2 Å². The number of ether oxygens (including phenoxy) is 1. The van der Waals surface area contributed by atoms with E-state index >= 15 is 0 Å². The van der Waals surface area contributed by atoms with Crippen LogP contribution in [-0.4, -0.2) is 41.5 Å². The van der Waals surface area contributed by atoms with E-state index in [4.69, 9.17) is 10.7 Å². The van der Waals surface area contributed by atoms with Crippen LogP contribution >= 0.6 is 15.9 Å². The number of benzene rings is 1. The third kappa shape index (κ3) is 8.22. The number of carbonyl (C=O) groups is 1. The van der Waals surface area contributed by atoms with Crippen LogP contribution in [0.3, 0.4) is 0 Å². The van der Waals surface area contributed by atoms with Gasteiger partial charge in [0.15, 0.2) is 0 Å². The zero-order chi connectivity index (χ0) is 28.8. The molecule has 3 heterocycles. The number of aliphatic imine (C=N–C) groups is 1. The largest absolute Gasteiger partial charge is 0.466 e. The summed E-state index contributed by atoms with van der Waals surface area (Å²) in [5, 5.41) is 6.19. The maximum atomic E-state index is 11.4. The molecule has 0 spiro atoms. The summed E-state index contributed by atoms with van der Waals surface area (Å²) < 4.78 is 5.22. The zero-order valence-corrected chi connectivity index (χ0v) is 24.8. The predicted molar refractivity (Wildman–Crippen MR) is 166 cm³/mol. The quantitative estimate of drug-likeness (QED) is 0.222. The van der Waals surface area contributed by atoms with Gasteiger partial charge in [0.1, 0.15) is 5.82 Å². The molecule has 2 aliphatic heterocycles. The highest BCUT2D eigenvalue weighted by atomic mass is 79.9. The van der Waals surface area contributed by atoms with Gasteiger partial charge in [-0.2, -0.15) is 5.10 Å². The third-order valence-corrected chi connectivity index (χ3v) is 6.02. The highest BCUT2D eigenvalue weighted by Gasteiger charge is 2.26. The molecule has 2 aliphatic rings. The van der Waals surface area contributed by atoms with Gasteiger partial charge in [-0.3, -0.25) is 4.98 Å². The van der Waals surface area contributed by atoms with E-state index in [-0.39, 0.29) is 0 Å². The summed E-state index contributed by atoms with van der Waals surface area (Å²) in [6.45, 7) is 12.5. The highest BCUT2D eigenvalue weighted by Crippen LogP contribution is 2.31. The zero-order valence-electron chi connectivity index (χ0n) is 23.2. The molecule has 4 rings (SSSR count). The molecular weight excluding hydrogens is 554 g/mol. The van der Waals surface area contributed by atoms with Crippen molar-refractivity contribution in [3.63, 3.8) is 0 Å². The van der Waals surface area contributed by atoms with Crippen LogP contribution in [0, 0.1) is 0 Å². The molecule has 1 aromatic heterocycles. The molecule has 0 radical (unpaired) electrons. The van der Waals surface area contributed by atoms with Gasteiger partial charge in [0.2, 0.25) is 0 Å².